The van der Waals surface area contributed by atoms with Gasteiger partial charge in [0.25, 0.3) is 5.88 Å². The van der Waals surface area contributed by atoms with E-state index >= 15 is 4.39 Å². The fourth-order valence-corrected chi connectivity index (χ4v) is 4.70. The summed E-state index contributed by atoms with van der Waals surface area (Å²) < 4.78 is 34.4. The van der Waals surface area contributed by atoms with Gasteiger partial charge in [0.2, 0.25) is 5.82 Å². The molecule has 2 aliphatic rings. The Balaban J connectivity index is 1.42. The minimum Gasteiger partial charge on any atom is -0.473 e. The second-order valence-electron chi connectivity index (χ2n) is 9.59. The number of hydrogen-bond donors (Lipinski definition) is 1. The zero-order chi connectivity index (χ0) is 24.4. The number of aromatic nitrogens is 4. The molecule has 1 saturated heterocycles. The van der Waals surface area contributed by atoms with Crippen molar-refractivity contribution in [2.75, 3.05) is 18.5 Å². The van der Waals surface area contributed by atoms with Crippen molar-refractivity contribution < 1.29 is 18.6 Å². The lowest BCUT2D eigenvalue weighted by Gasteiger charge is -2.28. The summed E-state index contributed by atoms with van der Waals surface area (Å²) in [5.74, 6) is -0.640. The molecule has 1 N–H and O–H groups in total. The van der Waals surface area contributed by atoms with Gasteiger partial charge in [0, 0.05) is 18.7 Å². The predicted molar refractivity (Wildman–Crippen MR) is 126 cm³/mol. The van der Waals surface area contributed by atoms with Crippen molar-refractivity contribution in [2.45, 2.75) is 63.9 Å². The number of rotatable bonds is 7. The Labute approximate surface area is 203 Å². The molecular weight excluding hydrogens is 451 g/mol. The van der Waals surface area contributed by atoms with Crippen LogP contribution in [0, 0.1) is 23.1 Å². The van der Waals surface area contributed by atoms with Crippen LogP contribution in [-0.2, 0) is 9.47 Å². The highest BCUT2D eigenvalue weighted by atomic mass is 19.1. The molecule has 35 heavy (non-hydrogen) atoms. The lowest BCUT2D eigenvalue weighted by atomic mass is 9.84. The lowest BCUT2D eigenvalue weighted by Crippen LogP contribution is -2.28. The molecule has 1 aliphatic heterocycles. The van der Waals surface area contributed by atoms with Gasteiger partial charge >= 0.3 is 0 Å². The second kappa shape index (κ2) is 9.76. The van der Waals surface area contributed by atoms with Gasteiger partial charge in [-0.25, -0.2) is 9.50 Å². The number of ether oxygens (including phenoxy) is 3. The average Bonchev–Trinajstić information content (AvgIpc) is 3.43. The maximum absolute atomic E-state index is 15.5. The van der Waals surface area contributed by atoms with Gasteiger partial charge in [0.15, 0.2) is 17.4 Å². The van der Waals surface area contributed by atoms with E-state index in [0.717, 1.165) is 31.2 Å². The molecule has 0 aromatic carbocycles. The smallest absolute Gasteiger partial charge is 0.256 e. The number of nitrogens with zero attached hydrogens (tertiary/aromatic N) is 5. The van der Waals surface area contributed by atoms with Crippen LogP contribution < -0.4 is 10.1 Å². The van der Waals surface area contributed by atoms with Gasteiger partial charge in [-0.1, -0.05) is 6.07 Å². The fraction of sp³-hybridized carbons (Fsp3) is 0.520. The number of nitrogens with one attached hydrogen (secondary N) is 1. The summed E-state index contributed by atoms with van der Waals surface area (Å²) in [5, 5.41) is 16.6. The fourth-order valence-electron chi connectivity index (χ4n) is 4.70. The van der Waals surface area contributed by atoms with E-state index in [4.69, 9.17) is 19.5 Å². The molecule has 0 bridgehead atoms. The average molecular weight is 481 g/mol. The second-order valence-corrected chi connectivity index (χ2v) is 9.59. The van der Waals surface area contributed by atoms with Crippen LogP contribution in [0.25, 0.3) is 16.9 Å². The third-order valence-electron chi connectivity index (χ3n) is 6.53. The van der Waals surface area contributed by atoms with E-state index in [1.807, 2.05) is 38.2 Å². The Hall–Kier alpha value is -3.29. The molecule has 0 radical (unpaired) electrons. The molecule has 0 spiro atoms. The molecule has 1 saturated carbocycles. The first-order chi connectivity index (χ1) is 16.9. The van der Waals surface area contributed by atoms with Gasteiger partial charge in [-0.15, -0.1) is 0 Å². The summed E-state index contributed by atoms with van der Waals surface area (Å²) in [6.45, 7) is 4.12. The lowest BCUT2D eigenvalue weighted by molar-refractivity contribution is -0.141. The van der Waals surface area contributed by atoms with E-state index < -0.39 is 11.6 Å². The molecule has 10 heteroatoms. The minimum atomic E-state index is -0.697. The van der Waals surface area contributed by atoms with Gasteiger partial charge in [-0.05, 0) is 57.6 Å². The van der Waals surface area contributed by atoms with Crippen molar-refractivity contribution in [3.05, 3.63) is 36.4 Å². The van der Waals surface area contributed by atoms with Gasteiger partial charge in [0.1, 0.15) is 12.7 Å². The number of fused-ring (bicyclic) bond motifs is 1. The van der Waals surface area contributed by atoms with E-state index in [2.05, 4.69) is 26.5 Å². The summed E-state index contributed by atoms with van der Waals surface area (Å²) >= 11 is 0. The maximum Gasteiger partial charge on any atom is 0.256 e. The zero-order valence-corrected chi connectivity index (χ0v) is 19.9. The van der Waals surface area contributed by atoms with Gasteiger partial charge in [-0.3, -0.25) is 0 Å². The van der Waals surface area contributed by atoms with E-state index in [1.165, 1.54) is 0 Å². The number of anilines is 1. The first-order valence-corrected chi connectivity index (χ1v) is 12.0. The van der Waals surface area contributed by atoms with Crippen LogP contribution in [0.5, 0.6) is 5.88 Å². The van der Waals surface area contributed by atoms with E-state index in [0.29, 0.717) is 30.3 Å². The highest BCUT2D eigenvalue weighted by molar-refractivity contribution is 5.76. The highest BCUT2D eigenvalue weighted by Gasteiger charge is 2.33. The van der Waals surface area contributed by atoms with Crippen LogP contribution >= 0.6 is 0 Å². The van der Waals surface area contributed by atoms with Gasteiger partial charge < -0.3 is 19.5 Å². The summed E-state index contributed by atoms with van der Waals surface area (Å²) in [4.78, 5) is 8.96. The van der Waals surface area contributed by atoms with E-state index in [1.54, 1.807) is 10.7 Å². The molecule has 1 aliphatic carbocycles. The van der Waals surface area contributed by atoms with Crippen LogP contribution in [0.4, 0.5) is 10.2 Å². The topological polar surface area (TPSA) is 107 Å². The molecule has 184 valence electrons. The first-order valence-electron chi connectivity index (χ1n) is 12.0. The third kappa shape index (κ3) is 5.21. The van der Waals surface area contributed by atoms with E-state index in [-0.39, 0.29) is 30.5 Å². The van der Waals surface area contributed by atoms with Crippen LogP contribution in [0.15, 0.2) is 30.6 Å². The molecule has 4 heterocycles. The van der Waals surface area contributed by atoms with E-state index in [9.17, 15) is 0 Å². The monoisotopic (exact) mass is 480 g/mol. The third-order valence-corrected chi connectivity index (χ3v) is 6.53. The molecule has 3 aromatic heterocycles. The molecule has 0 unspecified atom stereocenters. The highest BCUT2D eigenvalue weighted by Crippen LogP contribution is 2.32. The Morgan fingerprint density at radius 3 is 2.83 bits per heavy atom. The van der Waals surface area contributed by atoms with Gasteiger partial charge in [-0.2, -0.15) is 19.7 Å². The minimum absolute atomic E-state index is 0.0614. The normalized spacial score (nSPS) is 23.8. The van der Waals surface area contributed by atoms with Crippen molar-refractivity contribution in [1.29, 1.82) is 5.26 Å². The van der Waals surface area contributed by atoms with Crippen LogP contribution in [0.3, 0.4) is 0 Å². The summed E-state index contributed by atoms with van der Waals surface area (Å²) in [5.41, 5.74) is 1.49. The van der Waals surface area contributed by atoms with Crippen LogP contribution in [-0.4, -0.2) is 50.7 Å². The number of pyridine rings is 1. The summed E-state index contributed by atoms with van der Waals surface area (Å²) in [6.07, 6.45) is 7.29. The largest absolute Gasteiger partial charge is 0.473 e. The first kappa shape index (κ1) is 23.5. The Kier molecular flexibility index (Phi) is 6.54. The molecule has 9 nitrogen and oxygen atoms in total. The number of nitriles is 1. The Bertz CT molecular complexity index is 1230. The summed E-state index contributed by atoms with van der Waals surface area (Å²) in [7, 11) is 0. The Morgan fingerprint density at radius 2 is 2.09 bits per heavy atom. The molecule has 2 fully saturated rings. The predicted octanol–water partition coefficient (Wildman–Crippen LogP) is 4.35. The van der Waals surface area contributed by atoms with Gasteiger partial charge in [0.05, 0.1) is 30.0 Å². The van der Waals surface area contributed by atoms with Crippen molar-refractivity contribution in [3.8, 4) is 23.3 Å². The molecule has 5 rings (SSSR count). The van der Waals surface area contributed by atoms with Crippen molar-refractivity contribution in [2.24, 2.45) is 5.92 Å². The molecule has 0 amide bonds. The van der Waals surface area contributed by atoms with Crippen molar-refractivity contribution >= 4 is 11.3 Å². The zero-order valence-electron chi connectivity index (χ0n) is 19.9. The van der Waals surface area contributed by atoms with Crippen molar-refractivity contribution in [3.63, 3.8) is 0 Å². The molecule has 3 aromatic rings. The molecular formula is C25H29FN6O3. The number of hydrogen-bond acceptors (Lipinski definition) is 8. The molecule has 1 atom stereocenters. The standard InChI is InChI=1S/C25H29FN6O3/c1-25(2)34-15-18(35-25)14-33-24-21(26)23(29-17-8-6-16(7-9-17)10-11-27)30-22(31-24)19-13-28-32-12-4-3-5-20(19)32/h3-5,12-13,16-18H,6-10,14-15H2,1-2H3,(H,29,30,31)/t16?,17?,18-/m0/s1. The Morgan fingerprint density at radius 1 is 1.26 bits per heavy atom. The summed E-state index contributed by atoms with van der Waals surface area (Å²) in [6, 6.07) is 8.00. The maximum atomic E-state index is 15.5. The van der Waals surface area contributed by atoms with Crippen LogP contribution in [0.2, 0.25) is 0 Å². The van der Waals surface area contributed by atoms with Crippen molar-refractivity contribution in [1.82, 2.24) is 19.6 Å². The SMILES string of the molecule is CC1(C)OC[C@H](COc2nc(-c3cnn4ccccc34)nc(NC3CCC(CC#N)CC3)c2F)O1. The number of halogens is 1. The quantitative estimate of drug-likeness (QED) is 0.532. The van der Waals surface area contributed by atoms with Crippen LogP contribution in [0.1, 0.15) is 46.0 Å².